The van der Waals surface area contributed by atoms with E-state index in [9.17, 15) is 4.79 Å². The largest absolute Gasteiger partial charge is 0.454 e. The number of aromatic nitrogens is 1. The van der Waals surface area contributed by atoms with Crippen LogP contribution in [0.25, 0.3) is 16.3 Å². The highest BCUT2D eigenvalue weighted by molar-refractivity contribution is 7.22. The van der Waals surface area contributed by atoms with E-state index in [-0.39, 0.29) is 25.1 Å². The lowest BCUT2D eigenvalue weighted by Crippen LogP contribution is -2.32. The summed E-state index contributed by atoms with van der Waals surface area (Å²) in [4.78, 5) is 21.9. The molecule has 1 aliphatic heterocycles. The standard InChI is InChI=1S/C24H27N3O3S.ClH/c1-16-12-17(2)23-19(13-16)25-24(31-23)27(11-5-10-26(3)4)22(28)9-7-18-6-8-20-21(14-18)30-15-29-20;/h6-9,12-14H,5,10-11,15H2,1-4H3;1H. The number of rotatable bonds is 7. The average molecular weight is 474 g/mol. The fourth-order valence-electron chi connectivity index (χ4n) is 3.60. The molecule has 0 saturated heterocycles. The van der Waals surface area contributed by atoms with E-state index in [1.54, 1.807) is 22.3 Å². The first-order chi connectivity index (χ1) is 14.9. The molecule has 1 aliphatic rings. The van der Waals surface area contributed by atoms with Crippen molar-refractivity contribution in [1.29, 1.82) is 0 Å². The van der Waals surface area contributed by atoms with Gasteiger partial charge in [-0.25, -0.2) is 4.98 Å². The monoisotopic (exact) mass is 473 g/mol. The van der Waals surface area contributed by atoms with Gasteiger partial charge in [0.15, 0.2) is 16.6 Å². The van der Waals surface area contributed by atoms with Gasteiger partial charge in [0.05, 0.1) is 10.2 Å². The number of carbonyl (C=O) groups is 1. The Balaban J connectivity index is 0.00000289. The Kier molecular flexibility index (Phi) is 7.77. The van der Waals surface area contributed by atoms with Gasteiger partial charge < -0.3 is 14.4 Å². The van der Waals surface area contributed by atoms with Crippen LogP contribution in [-0.4, -0.2) is 49.8 Å². The minimum Gasteiger partial charge on any atom is -0.454 e. The van der Waals surface area contributed by atoms with Crippen molar-refractivity contribution in [3.8, 4) is 11.5 Å². The fourth-order valence-corrected chi connectivity index (χ4v) is 4.65. The fraction of sp³-hybridized carbons (Fsp3) is 0.333. The zero-order valence-electron chi connectivity index (χ0n) is 18.8. The summed E-state index contributed by atoms with van der Waals surface area (Å²) in [7, 11) is 4.07. The van der Waals surface area contributed by atoms with E-state index in [4.69, 9.17) is 14.5 Å². The first kappa shape index (κ1) is 24.0. The van der Waals surface area contributed by atoms with Crippen molar-refractivity contribution >= 4 is 51.1 Å². The van der Waals surface area contributed by atoms with E-state index in [0.29, 0.717) is 12.3 Å². The van der Waals surface area contributed by atoms with Crippen molar-refractivity contribution in [3.63, 3.8) is 0 Å². The van der Waals surface area contributed by atoms with Gasteiger partial charge in [-0.3, -0.25) is 9.69 Å². The summed E-state index contributed by atoms with van der Waals surface area (Å²) in [6, 6.07) is 9.89. The molecule has 4 rings (SSSR count). The van der Waals surface area contributed by atoms with Crippen LogP contribution in [0, 0.1) is 13.8 Å². The van der Waals surface area contributed by atoms with Gasteiger partial charge >= 0.3 is 0 Å². The summed E-state index contributed by atoms with van der Waals surface area (Å²) in [5.41, 5.74) is 4.20. The van der Waals surface area contributed by atoms with Gasteiger partial charge in [0.2, 0.25) is 6.79 Å². The molecule has 3 aromatic rings. The lowest BCUT2D eigenvalue weighted by Gasteiger charge is -2.19. The zero-order valence-corrected chi connectivity index (χ0v) is 20.4. The zero-order chi connectivity index (χ0) is 22.0. The molecule has 1 aromatic heterocycles. The number of hydrogen-bond donors (Lipinski definition) is 0. The third kappa shape index (κ3) is 5.41. The van der Waals surface area contributed by atoms with E-state index in [1.165, 1.54) is 11.1 Å². The van der Waals surface area contributed by atoms with E-state index in [0.717, 1.165) is 39.6 Å². The molecular formula is C24H28ClN3O3S. The number of anilines is 1. The van der Waals surface area contributed by atoms with Gasteiger partial charge in [0.1, 0.15) is 0 Å². The molecule has 0 unspecified atom stereocenters. The molecule has 1 amide bonds. The molecule has 0 saturated carbocycles. The van der Waals surface area contributed by atoms with Gasteiger partial charge in [-0.1, -0.05) is 23.5 Å². The van der Waals surface area contributed by atoms with Crippen LogP contribution in [-0.2, 0) is 4.79 Å². The number of thiazole rings is 1. The molecule has 0 spiro atoms. The lowest BCUT2D eigenvalue weighted by atomic mass is 10.1. The maximum absolute atomic E-state index is 13.2. The number of aryl methyl sites for hydroxylation is 2. The van der Waals surface area contributed by atoms with Gasteiger partial charge in [-0.05, 0) is 81.9 Å². The number of benzene rings is 2. The molecule has 8 heteroatoms. The summed E-state index contributed by atoms with van der Waals surface area (Å²) in [6.45, 7) is 5.91. The number of ether oxygens (including phenoxy) is 2. The van der Waals surface area contributed by atoms with Gasteiger partial charge in [0, 0.05) is 12.6 Å². The second-order valence-corrected chi connectivity index (χ2v) is 9.00. The van der Waals surface area contributed by atoms with Crippen LogP contribution in [0.4, 0.5) is 5.13 Å². The predicted molar refractivity (Wildman–Crippen MR) is 133 cm³/mol. The van der Waals surface area contributed by atoms with Crippen molar-refractivity contribution in [2.24, 2.45) is 0 Å². The third-order valence-corrected chi connectivity index (χ3v) is 6.34. The Morgan fingerprint density at radius 1 is 1.12 bits per heavy atom. The van der Waals surface area contributed by atoms with Crippen LogP contribution in [0.2, 0.25) is 0 Å². The summed E-state index contributed by atoms with van der Waals surface area (Å²) in [5.74, 6) is 1.35. The number of halogens is 1. The minimum atomic E-state index is -0.0788. The highest BCUT2D eigenvalue weighted by Gasteiger charge is 2.19. The van der Waals surface area contributed by atoms with E-state index >= 15 is 0 Å². The Morgan fingerprint density at radius 3 is 2.69 bits per heavy atom. The molecule has 0 aliphatic carbocycles. The molecule has 0 radical (unpaired) electrons. The molecule has 0 fully saturated rings. The summed E-state index contributed by atoms with van der Waals surface area (Å²) < 4.78 is 11.9. The number of hydrogen-bond acceptors (Lipinski definition) is 6. The molecule has 170 valence electrons. The molecule has 32 heavy (non-hydrogen) atoms. The maximum atomic E-state index is 13.2. The topological polar surface area (TPSA) is 54.9 Å². The SMILES string of the molecule is Cc1cc(C)c2sc(N(CCCN(C)C)C(=O)C=Cc3ccc4c(c3)OCO4)nc2c1.Cl. The number of fused-ring (bicyclic) bond motifs is 2. The highest BCUT2D eigenvalue weighted by atomic mass is 35.5. The second kappa shape index (κ2) is 10.3. The van der Waals surface area contributed by atoms with E-state index < -0.39 is 0 Å². The molecule has 0 atom stereocenters. The van der Waals surface area contributed by atoms with Crippen LogP contribution >= 0.6 is 23.7 Å². The van der Waals surface area contributed by atoms with Gasteiger partial charge in [0.25, 0.3) is 5.91 Å². The van der Waals surface area contributed by atoms with Crippen molar-refractivity contribution in [2.75, 3.05) is 38.9 Å². The molecule has 2 aromatic carbocycles. The minimum absolute atomic E-state index is 0. The molecule has 0 N–H and O–H groups in total. The summed E-state index contributed by atoms with van der Waals surface area (Å²) in [6.07, 6.45) is 4.29. The number of amides is 1. The Bertz CT molecular complexity index is 1140. The van der Waals surface area contributed by atoms with Crippen LogP contribution in [0.1, 0.15) is 23.1 Å². The Labute approximate surface area is 198 Å². The molecular weight excluding hydrogens is 446 g/mol. The number of nitrogens with zero attached hydrogens (tertiary/aromatic N) is 3. The quantitative estimate of drug-likeness (QED) is 0.449. The van der Waals surface area contributed by atoms with Crippen molar-refractivity contribution < 1.29 is 14.3 Å². The van der Waals surface area contributed by atoms with Gasteiger partial charge in [-0.15, -0.1) is 12.4 Å². The summed E-state index contributed by atoms with van der Waals surface area (Å²) in [5, 5.41) is 0.739. The van der Waals surface area contributed by atoms with Crippen LogP contribution in [0.3, 0.4) is 0 Å². The molecule has 6 nitrogen and oxygen atoms in total. The average Bonchev–Trinajstić information content (AvgIpc) is 3.35. The third-order valence-electron chi connectivity index (χ3n) is 5.11. The van der Waals surface area contributed by atoms with Gasteiger partial charge in [-0.2, -0.15) is 0 Å². The Morgan fingerprint density at radius 2 is 1.91 bits per heavy atom. The van der Waals surface area contributed by atoms with Crippen LogP contribution < -0.4 is 14.4 Å². The smallest absolute Gasteiger partial charge is 0.252 e. The first-order valence-corrected chi connectivity index (χ1v) is 11.1. The molecule has 2 heterocycles. The highest BCUT2D eigenvalue weighted by Crippen LogP contribution is 2.34. The first-order valence-electron chi connectivity index (χ1n) is 10.3. The van der Waals surface area contributed by atoms with E-state index in [1.807, 2.05) is 38.4 Å². The van der Waals surface area contributed by atoms with Crippen molar-refractivity contribution in [3.05, 3.63) is 53.1 Å². The Hall–Kier alpha value is -2.61. The lowest BCUT2D eigenvalue weighted by molar-refractivity contribution is -0.114. The van der Waals surface area contributed by atoms with Crippen molar-refractivity contribution in [2.45, 2.75) is 20.3 Å². The predicted octanol–water partition coefficient (Wildman–Crippen LogP) is 5.06. The maximum Gasteiger partial charge on any atom is 0.252 e. The summed E-state index contributed by atoms with van der Waals surface area (Å²) >= 11 is 1.58. The van der Waals surface area contributed by atoms with E-state index in [2.05, 4.69) is 30.9 Å². The normalized spacial score (nSPS) is 12.5. The second-order valence-electron chi connectivity index (χ2n) is 8.02. The number of carbonyl (C=O) groups excluding carboxylic acids is 1. The van der Waals surface area contributed by atoms with Crippen LogP contribution in [0.15, 0.2) is 36.4 Å². The van der Waals surface area contributed by atoms with Crippen molar-refractivity contribution in [1.82, 2.24) is 9.88 Å². The molecule has 0 bridgehead atoms. The van der Waals surface area contributed by atoms with Crippen LogP contribution in [0.5, 0.6) is 11.5 Å².